The first-order chi connectivity index (χ1) is 21.2. The van der Waals surface area contributed by atoms with E-state index in [0.717, 1.165) is 11.1 Å². The van der Waals surface area contributed by atoms with Crippen molar-refractivity contribution < 1.29 is 28.9 Å². The maximum Gasteiger partial charge on any atom is 0.251 e. The Labute approximate surface area is 254 Å². The van der Waals surface area contributed by atoms with Gasteiger partial charge >= 0.3 is 0 Å². The van der Waals surface area contributed by atoms with E-state index in [-0.39, 0.29) is 29.9 Å². The Morgan fingerprint density at radius 1 is 1.05 bits per heavy atom. The molecule has 12 heteroatoms. The summed E-state index contributed by atoms with van der Waals surface area (Å²) in [5, 5.41) is 20.0. The van der Waals surface area contributed by atoms with Crippen molar-refractivity contribution in [3.8, 4) is 22.8 Å². The molecule has 1 aliphatic carbocycles. The largest absolute Gasteiger partial charge is 0.495 e. The number of carbonyl (C=O) groups excluding carboxylic acids is 2. The van der Waals surface area contributed by atoms with Crippen molar-refractivity contribution in [1.29, 1.82) is 0 Å². The van der Waals surface area contributed by atoms with Crippen LogP contribution in [0.3, 0.4) is 0 Å². The fraction of sp³-hybridized carbons (Fsp3) is 0.375. The first-order valence-corrected chi connectivity index (χ1v) is 14.7. The van der Waals surface area contributed by atoms with Crippen molar-refractivity contribution in [2.75, 3.05) is 32.7 Å². The predicted octanol–water partition coefficient (Wildman–Crippen LogP) is 3.94. The fourth-order valence-electron chi connectivity index (χ4n) is 5.45. The molecule has 4 aromatic rings. The van der Waals surface area contributed by atoms with Gasteiger partial charge in [-0.3, -0.25) is 9.59 Å². The molecule has 230 valence electrons. The molecule has 1 saturated heterocycles. The molecule has 0 spiro atoms. The summed E-state index contributed by atoms with van der Waals surface area (Å²) in [7, 11) is 3.13. The van der Waals surface area contributed by atoms with E-state index in [4.69, 9.17) is 24.2 Å². The third-order valence-electron chi connectivity index (χ3n) is 8.16. The van der Waals surface area contributed by atoms with Crippen molar-refractivity contribution in [3.63, 3.8) is 0 Å². The van der Waals surface area contributed by atoms with Crippen LogP contribution in [0.4, 0.5) is 11.6 Å². The number of aromatic nitrogens is 3. The maximum atomic E-state index is 12.7. The van der Waals surface area contributed by atoms with E-state index in [1.165, 1.54) is 7.11 Å². The summed E-state index contributed by atoms with van der Waals surface area (Å²) >= 11 is 0. The zero-order chi connectivity index (χ0) is 30.8. The zero-order valence-corrected chi connectivity index (χ0v) is 24.9. The Morgan fingerprint density at radius 2 is 1.77 bits per heavy atom. The molecule has 12 nitrogen and oxygen atoms in total. The molecular formula is C32H36N6O6. The number of amides is 2. The molecule has 0 atom stereocenters. The lowest BCUT2D eigenvalue weighted by Gasteiger charge is -2.33. The van der Waals surface area contributed by atoms with Crippen molar-refractivity contribution in [3.05, 3.63) is 59.8 Å². The third kappa shape index (κ3) is 6.17. The summed E-state index contributed by atoms with van der Waals surface area (Å²) < 4.78 is 17.3. The van der Waals surface area contributed by atoms with Gasteiger partial charge in [0.2, 0.25) is 11.8 Å². The number of benzene rings is 2. The van der Waals surface area contributed by atoms with E-state index < -0.39 is 5.60 Å². The number of nitrogens with zero attached hydrogens (tertiary/aromatic N) is 2. The number of aliphatic hydroxyl groups is 1. The molecule has 0 radical (unpaired) electrons. The summed E-state index contributed by atoms with van der Waals surface area (Å²) in [6.45, 7) is 2.87. The Bertz CT molecular complexity index is 1670. The molecule has 1 saturated carbocycles. The van der Waals surface area contributed by atoms with Gasteiger partial charge in [0.25, 0.3) is 11.8 Å². The molecule has 2 fully saturated rings. The number of hydrogen-bond acceptors (Lipinski definition) is 9. The van der Waals surface area contributed by atoms with Gasteiger partial charge in [-0.05, 0) is 68.5 Å². The van der Waals surface area contributed by atoms with Gasteiger partial charge in [-0.1, -0.05) is 12.1 Å². The predicted molar refractivity (Wildman–Crippen MR) is 165 cm³/mol. The lowest BCUT2D eigenvalue weighted by atomic mass is 9.85. The van der Waals surface area contributed by atoms with Gasteiger partial charge in [0, 0.05) is 29.9 Å². The second-order valence-electron chi connectivity index (χ2n) is 11.5. The fourth-order valence-corrected chi connectivity index (χ4v) is 5.45. The summed E-state index contributed by atoms with van der Waals surface area (Å²) in [4.78, 5) is 37.5. The number of methoxy groups -OCH3 is 1. The second-order valence-corrected chi connectivity index (χ2v) is 11.5. The minimum absolute atomic E-state index is 0.0135. The van der Waals surface area contributed by atoms with E-state index in [1.807, 2.05) is 25.3 Å². The average molecular weight is 601 g/mol. The number of ether oxygens (including phenoxy) is 3. The van der Waals surface area contributed by atoms with Crippen LogP contribution in [-0.4, -0.2) is 77.0 Å². The molecule has 5 N–H and O–H groups in total. The lowest BCUT2D eigenvalue weighted by molar-refractivity contribution is -0.0114. The third-order valence-corrected chi connectivity index (χ3v) is 8.16. The second kappa shape index (κ2) is 12.1. The number of carbonyl (C=O) groups is 2. The molecule has 3 heterocycles. The normalized spacial score (nSPS) is 20.0. The molecule has 2 aromatic carbocycles. The highest BCUT2D eigenvalue weighted by molar-refractivity contribution is 5.99. The van der Waals surface area contributed by atoms with E-state index in [1.54, 1.807) is 37.4 Å². The van der Waals surface area contributed by atoms with Crippen LogP contribution in [0.5, 0.6) is 11.6 Å². The van der Waals surface area contributed by atoms with Gasteiger partial charge in [-0.2, -0.15) is 9.97 Å². The van der Waals surface area contributed by atoms with Crippen LogP contribution in [0.25, 0.3) is 22.2 Å². The molecule has 2 amide bonds. The maximum absolute atomic E-state index is 12.7. The molecule has 6 rings (SSSR count). The van der Waals surface area contributed by atoms with Gasteiger partial charge < -0.3 is 40.3 Å². The Hall–Kier alpha value is -4.68. The summed E-state index contributed by atoms with van der Waals surface area (Å²) in [5.41, 5.74) is 3.15. The van der Waals surface area contributed by atoms with Crippen LogP contribution in [0.15, 0.2) is 48.7 Å². The standard InChI is InChI=1S/C32H36N6O6/c1-32(41)12-10-22(11-13-32)44-30-26-23(18-4-6-19(7-5-18)28(39)33-2)15-34-27(26)37-31(38-30)36-24-9-8-20(14-25(24)42-3)29(40)35-21-16-43-17-21/h4-9,14-15,21-22,41H,10-13,16-17H2,1-3H3,(H,33,39)(H,35,40)(H2,34,36,37,38). The van der Waals surface area contributed by atoms with Crippen molar-refractivity contribution in [2.24, 2.45) is 0 Å². The van der Waals surface area contributed by atoms with Crippen molar-refractivity contribution in [2.45, 2.75) is 50.4 Å². The number of anilines is 2. The summed E-state index contributed by atoms with van der Waals surface area (Å²) in [6.07, 6.45) is 4.34. The highest BCUT2D eigenvalue weighted by Crippen LogP contribution is 2.38. The highest BCUT2D eigenvalue weighted by atomic mass is 16.5. The number of rotatable bonds is 9. The number of hydrogen-bond donors (Lipinski definition) is 5. The molecule has 44 heavy (non-hydrogen) atoms. The van der Waals surface area contributed by atoms with Crippen LogP contribution in [0.2, 0.25) is 0 Å². The SMILES string of the molecule is CNC(=O)c1ccc(-c2c[nH]c3nc(Nc4ccc(C(=O)NC5COC5)cc4OC)nc(OC4CCC(C)(O)CC4)c23)cc1. The first-order valence-electron chi connectivity index (χ1n) is 14.7. The number of aromatic amines is 1. The van der Waals surface area contributed by atoms with Gasteiger partial charge in [0.05, 0.1) is 43.0 Å². The molecular weight excluding hydrogens is 564 g/mol. The quantitative estimate of drug-likeness (QED) is 0.192. The summed E-state index contributed by atoms with van der Waals surface area (Å²) in [5.74, 6) is 0.759. The van der Waals surface area contributed by atoms with Crippen LogP contribution >= 0.6 is 0 Å². The smallest absolute Gasteiger partial charge is 0.251 e. The van der Waals surface area contributed by atoms with Crippen molar-refractivity contribution >= 4 is 34.5 Å². The monoisotopic (exact) mass is 600 g/mol. The zero-order valence-electron chi connectivity index (χ0n) is 24.9. The number of nitrogens with one attached hydrogen (secondary N) is 4. The molecule has 2 aliphatic rings. The minimum Gasteiger partial charge on any atom is -0.495 e. The van der Waals surface area contributed by atoms with E-state index in [9.17, 15) is 14.7 Å². The minimum atomic E-state index is -0.704. The molecule has 1 aliphatic heterocycles. The van der Waals surface area contributed by atoms with E-state index in [0.29, 0.717) is 78.4 Å². The number of fused-ring (bicyclic) bond motifs is 1. The Morgan fingerprint density at radius 3 is 2.43 bits per heavy atom. The van der Waals surface area contributed by atoms with Gasteiger partial charge in [-0.25, -0.2) is 0 Å². The van der Waals surface area contributed by atoms with Gasteiger partial charge in [-0.15, -0.1) is 0 Å². The average Bonchev–Trinajstić information content (AvgIpc) is 3.44. The first kappa shape index (κ1) is 29.4. The van der Waals surface area contributed by atoms with Crippen LogP contribution in [-0.2, 0) is 4.74 Å². The molecule has 0 bridgehead atoms. The highest BCUT2D eigenvalue weighted by Gasteiger charge is 2.31. The Kier molecular flexibility index (Phi) is 8.11. The molecule has 0 unspecified atom stereocenters. The van der Waals surface area contributed by atoms with Crippen molar-refractivity contribution in [1.82, 2.24) is 25.6 Å². The lowest BCUT2D eigenvalue weighted by Crippen LogP contribution is -2.48. The Balaban J connectivity index is 1.33. The molecule has 2 aromatic heterocycles. The van der Waals surface area contributed by atoms with E-state index >= 15 is 0 Å². The van der Waals surface area contributed by atoms with Crippen LogP contribution in [0, 0.1) is 0 Å². The topological polar surface area (TPSA) is 160 Å². The van der Waals surface area contributed by atoms with Gasteiger partial charge in [0.1, 0.15) is 17.5 Å². The summed E-state index contributed by atoms with van der Waals surface area (Å²) in [6, 6.07) is 12.4. The van der Waals surface area contributed by atoms with Crippen LogP contribution in [0.1, 0.15) is 53.3 Å². The number of H-pyrrole nitrogens is 1. The van der Waals surface area contributed by atoms with Gasteiger partial charge in [0.15, 0.2) is 0 Å². The van der Waals surface area contributed by atoms with Crippen LogP contribution < -0.4 is 25.4 Å². The van der Waals surface area contributed by atoms with E-state index in [2.05, 4.69) is 20.9 Å².